The van der Waals surface area contributed by atoms with Gasteiger partial charge in [-0.15, -0.1) is 0 Å². The number of nitro benzene ring substituents is 1. The van der Waals surface area contributed by atoms with Crippen LogP contribution < -0.4 is 19.4 Å². The highest BCUT2D eigenvalue weighted by Gasteiger charge is 2.21. The molecule has 4 aromatic carbocycles. The largest absolute Gasteiger partial charge is 0.482 e. The van der Waals surface area contributed by atoms with Gasteiger partial charge in [-0.05, 0) is 66.6 Å². The van der Waals surface area contributed by atoms with Gasteiger partial charge in [-0.2, -0.15) is 0 Å². The van der Waals surface area contributed by atoms with E-state index >= 15 is 0 Å². The molecule has 1 N–H and O–H groups in total. The Kier molecular flexibility index (Phi) is 8.35. The number of imidazole rings is 1. The molecule has 1 aromatic heterocycles. The Hall–Kier alpha value is -5.44. The van der Waals surface area contributed by atoms with Gasteiger partial charge in [-0.1, -0.05) is 42.5 Å². The number of anilines is 1. The number of amides is 1. The van der Waals surface area contributed by atoms with Crippen molar-refractivity contribution >= 4 is 17.3 Å². The molecule has 9 heteroatoms. The standard InChI is InChI=1S/C32H28N4O5/c1-24-7-5-6-10-30(24)31(41-29-17-13-26(14-18-29)36(38)39)21-34-19-20-35(23-34)22-32(37)33-25-11-15-28(16-12-25)40-27-8-3-2-4-9-27/h2-20,23,31H,21-22H2,1H3/p+1. The fourth-order valence-electron chi connectivity index (χ4n) is 4.39. The molecule has 0 saturated heterocycles. The number of aryl methyl sites for hydroxylation is 1. The van der Waals surface area contributed by atoms with Gasteiger partial charge in [0.05, 0.1) is 4.92 Å². The van der Waals surface area contributed by atoms with Gasteiger partial charge in [0.2, 0.25) is 6.33 Å². The molecule has 1 unspecified atom stereocenters. The van der Waals surface area contributed by atoms with E-state index in [1.807, 2.05) is 96.9 Å². The smallest absolute Gasteiger partial charge is 0.269 e. The summed E-state index contributed by atoms with van der Waals surface area (Å²) in [5.41, 5.74) is 2.75. The van der Waals surface area contributed by atoms with E-state index in [1.165, 1.54) is 12.1 Å². The molecule has 0 bridgehead atoms. The van der Waals surface area contributed by atoms with Crippen molar-refractivity contribution in [3.05, 3.63) is 143 Å². The Morgan fingerprint density at radius 2 is 1.56 bits per heavy atom. The second kappa shape index (κ2) is 12.6. The Labute approximate surface area is 237 Å². The lowest BCUT2D eigenvalue weighted by Gasteiger charge is -2.19. The average Bonchev–Trinajstić information content (AvgIpc) is 3.41. The van der Waals surface area contributed by atoms with E-state index in [-0.39, 0.29) is 24.2 Å². The molecule has 0 saturated carbocycles. The fraction of sp³-hybridized carbons (Fsp3) is 0.125. The number of aromatic nitrogens is 2. The van der Waals surface area contributed by atoms with Crippen molar-refractivity contribution in [3.8, 4) is 17.2 Å². The first-order valence-corrected chi connectivity index (χ1v) is 13.1. The summed E-state index contributed by atoms with van der Waals surface area (Å²) in [5.74, 6) is 1.79. The number of carbonyl (C=O) groups excluding carboxylic acids is 1. The van der Waals surface area contributed by atoms with Crippen molar-refractivity contribution < 1.29 is 23.8 Å². The van der Waals surface area contributed by atoms with Gasteiger partial charge in [-0.3, -0.25) is 14.9 Å². The number of hydrogen-bond acceptors (Lipinski definition) is 5. The molecule has 5 rings (SSSR count). The van der Waals surface area contributed by atoms with Crippen LogP contribution in [0.15, 0.2) is 122 Å². The van der Waals surface area contributed by atoms with Gasteiger partial charge >= 0.3 is 0 Å². The first-order valence-electron chi connectivity index (χ1n) is 13.1. The zero-order valence-corrected chi connectivity index (χ0v) is 22.4. The summed E-state index contributed by atoms with van der Waals surface area (Å²) in [6.07, 6.45) is 5.20. The van der Waals surface area contributed by atoms with Crippen molar-refractivity contribution in [3.63, 3.8) is 0 Å². The number of ether oxygens (including phenoxy) is 2. The second-order valence-electron chi connectivity index (χ2n) is 9.48. The molecule has 1 atom stereocenters. The molecule has 206 valence electrons. The third-order valence-electron chi connectivity index (χ3n) is 6.43. The number of nitro groups is 1. The molecular formula is C32H29N4O5+. The maximum atomic E-state index is 12.7. The molecule has 1 amide bonds. The summed E-state index contributed by atoms with van der Waals surface area (Å²) < 4.78 is 15.8. The SMILES string of the molecule is Cc1ccccc1C(Cn1cc[n+](CC(=O)Nc2ccc(Oc3ccccc3)cc2)c1)Oc1ccc([N+](=O)[O-])cc1. The second-order valence-corrected chi connectivity index (χ2v) is 9.48. The summed E-state index contributed by atoms with van der Waals surface area (Å²) in [6.45, 7) is 2.62. The molecule has 0 aliphatic rings. The predicted octanol–water partition coefficient (Wildman–Crippen LogP) is 6.24. The Bertz CT molecular complexity index is 1620. The molecule has 9 nitrogen and oxygen atoms in total. The zero-order chi connectivity index (χ0) is 28.6. The first kappa shape index (κ1) is 27.1. The van der Waals surface area contributed by atoms with Crippen molar-refractivity contribution in [1.29, 1.82) is 0 Å². The maximum Gasteiger partial charge on any atom is 0.269 e. The van der Waals surface area contributed by atoms with Crippen LogP contribution in [0, 0.1) is 17.0 Å². The molecule has 0 spiro atoms. The van der Waals surface area contributed by atoms with Gasteiger partial charge in [-0.25, -0.2) is 9.13 Å². The molecule has 0 fully saturated rings. The highest BCUT2D eigenvalue weighted by Crippen LogP contribution is 2.27. The Morgan fingerprint density at radius 1 is 0.902 bits per heavy atom. The van der Waals surface area contributed by atoms with E-state index in [0.717, 1.165) is 16.9 Å². The van der Waals surface area contributed by atoms with Crippen molar-refractivity contribution in [2.75, 3.05) is 5.32 Å². The van der Waals surface area contributed by atoms with Crippen LogP contribution >= 0.6 is 0 Å². The van der Waals surface area contributed by atoms with Gasteiger partial charge in [0.25, 0.3) is 11.6 Å². The Balaban J connectivity index is 1.22. The van der Waals surface area contributed by atoms with E-state index in [1.54, 1.807) is 28.8 Å². The monoisotopic (exact) mass is 549 g/mol. The average molecular weight is 550 g/mol. The number of hydrogen-bond donors (Lipinski definition) is 1. The van der Waals surface area contributed by atoms with Gasteiger partial charge < -0.3 is 14.8 Å². The number of para-hydroxylation sites is 1. The lowest BCUT2D eigenvalue weighted by Crippen LogP contribution is -2.38. The molecule has 5 aromatic rings. The van der Waals surface area contributed by atoms with Crippen LogP contribution in [0.2, 0.25) is 0 Å². The van der Waals surface area contributed by atoms with Gasteiger partial charge in [0.1, 0.15) is 36.2 Å². The van der Waals surface area contributed by atoms with Crippen molar-refractivity contribution in [1.82, 2.24) is 4.57 Å². The van der Waals surface area contributed by atoms with Crippen LogP contribution in [0.25, 0.3) is 0 Å². The van der Waals surface area contributed by atoms with Crippen LogP contribution in [0.5, 0.6) is 17.2 Å². The number of non-ortho nitro benzene ring substituents is 1. The maximum absolute atomic E-state index is 12.7. The topological polar surface area (TPSA) is 99.5 Å². The highest BCUT2D eigenvalue weighted by atomic mass is 16.6. The predicted molar refractivity (Wildman–Crippen MR) is 154 cm³/mol. The summed E-state index contributed by atoms with van der Waals surface area (Å²) in [7, 11) is 0. The van der Waals surface area contributed by atoms with Gasteiger partial charge in [0.15, 0.2) is 12.6 Å². The molecule has 0 radical (unpaired) electrons. The van der Waals surface area contributed by atoms with Crippen molar-refractivity contribution in [2.24, 2.45) is 0 Å². The molecule has 0 aliphatic carbocycles. The molecule has 0 aliphatic heterocycles. The molecular weight excluding hydrogens is 520 g/mol. The molecule has 1 heterocycles. The lowest BCUT2D eigenvalue weighted by molar-refractivity contribution is -0.683. The normalized spacial score (nSPS) is 11.4. The summed E-state index contributed by atoms with van der Waals surface area (Å²) in [4.78, 5) is 23.3. The number of benzene rings is 4. The van der Waals surface area contributed by atoms with E-state index < -0.39 is 4.92 Å². The minimum absolute atomic E-state index is 0.00554. The van der Waals surface area contributed by atoms with E-state index in [9.17, 15) is 14.9 Å². The van der Waals surface area contributed by atoms with E-state index in [2.05, 4.69) is 5.32 Å². The third kappa shape index (κ3) is 7.36. The van der Waals surface area contributed by atoms with Crippen LogP contribution in [0.3, 0.4) is 0 Å². The third-order valence-corrected chi connectivity index (χ3v) is 6.43. The number of carbonyl (C=O) groups is 1. The van der Waals surface area contributed by atoms with E-state index in [4.69, 9.17) is 9.47 Å². The van der Waals surface area contributed by atoms with Crippen molar-refractivity contribution in [2.45, 2.75) is 26.1 Å². The molecule has 41 heavy (non-hydrogen) atoms. The fourth-order valence-corrected chi connectivity index (χ4v) is 4.39. The number of rotatable bonds is 11. The Morgan fingerprint density at radius 3 is 2.27 bits per heavy atom. The van der Waals surface area contributed by atoms with Crippen LogP contribution in [0.4, 0.5) is 11.4 Å². The van der Waals surface area contributed by atoms with Gasteiger partial charge in [0, 0.05) is 17.8 Å². The summed E-state index contributed by atoms with van der Waals surface area (Å²) >= 11 is 0. The number of nitrogens with one attached hydrogen (secondary N) is 1. The lowest BCUT2D eigenvalue weighted by atomic mass is 10.0. The summed E-state index contributed by atoms with van der Waals surface area (Å²) in [6, 6.07) is 30.7. The number of nitrogens with zero attached hydrogens (tertiary/aromatic N) is 3. The zero-order valence-electron chi connectivity index (χ0n) is 22.4. The first-order chi connectivity index (χ1) is 19.9. The van der Waals surface area contributed by atoms with Crippen LogP contribution in [-0.4, -0.2) is 15.4 Å². The van der Waals surface area contributed by atoms with Crippen LogP contribution in [0.1, 0.15) is 17.2 Å². The van der Waals surface area contributed by atoms with Crippen LogP contribution in [-0.2, 0) is 17.9 Å². The summed E-state index contributed by atoms with van der Waals surface area (Å²) in [5, 5.41) is 13.9. The minimum atomic E-state index is -0.438. The quantitative estimate of drug-likeness (QED) is 0.119. The van der Waals surface area contributed by atoms with E-state index in [0.29, 0.717) is 23.7 Å². The minimum Gasteiger partial charge on any atom is -0.482 e. The highest BCUT2D eigenvalue weighted by molar-refractivity contribution is 5.89.